The van der Waals surface area contributed by atoms with Gasteiger partial charge in [-0.25, -0.2) is 12.8 Å². The van der Waals surface area contributed by atoms with Gasteiger partial charge in [-0.3, -0.25) is 9.59 Å². The lowest BCUT2D eigenvalue weighted by Crippen LogP contribution is -2.43. The number of primary amides is 1. The average molecular weight is 437 g/mol. The Morgan fingerprint density at radius 2 is 1.80 bits per heavy atom. The van der Waals surface area contributed by atoms with Gasteiger partial charge in [0.15, 0.2) is 0 Å². The standard InChI is InChI=1S/C20H25FN4O4S/c1-13(14-3-5-16(21)6-4-14)23-20(27)15-7-9-25(10-8-15)30(28,29)17-11-18(19(22)26)24(2)12-17/h3-6,11-13,15H,7-10H2,1-2H3,(H2,22,26)(H,23,27)/t13-/m0/s1. The number of piperidine rings is 1. The van der Waals surface area contributed by atoms with Crippen molar-refractivity contribution < 1.29 is 22.4 Å². The number of benzene rings is 1. The molecular weight excluding hydrogens is 411 g/mol. The van der Waals surface area contributed by atoms with E-state index in [2.05, 4.69) is 5.32 Å². The maximum atomic E-state index is 13.1. The van der Waals surface area contributed by atoms with Crippen molar-refractivity contribution in [3.05, 3.63) is 53.6 Å². The van der Waals surface area contributed by atoms with E-state index in [9.17, 15) is 22.4 Å². The Bertz CT molecular complexity index is 1040. The lowest BCUT2D eigenvalue weighted by Gasteiger charge is -2.31. The summed E-state index contributed by atoms with van der Waals surface area (Å²) in [5.74, 6) is -1.51. The highest BCUT2D eigenvalue weighted by molar-refractivity contribution is 7.89. The number of nitrogens with zero attached hydrogens (tertiary/aromatic N) is 2. The van der Waals surface area contributed by atoms with E-state index < -0.39 is 15.9 Å². The second-order valence-electron chi connectivity index (χ2n) is 7.50. The lowest BCUT2D eigenvalue weighted by molar-refractivity contribution is -0.126. The molecule has 8 nitrogen and oxygen atoms in total. The number of carbonyl (C=O) groups excluding carboxylic acids is 2. The minimum Gasteiger partial charge on any atom is -0.364 e. The van der Waals surface area contributed by atoms with Gasteiger partial charge in [-0.2, -0.15) is 4.31 Å². The maximum absolute atomic E-state index is 13.1. The minimum absolute atomic E-state index is 0.00614. The van der Waals surface area contributed by atoms with Crippen LogP contribution in [0.3, 0.4) is 0 Å². The summed E-state index contributed by atoms with van der Waals surface area (Å²) in [6, 6.07) is 6.91. The van der Waals surface area contributed by atoms with Crippen LogP contribution in [0.2, 0.25) is 0 Å². The molecule has 2 heterocycles. The number of aromatic nitrogens is 1. The molecule has 0 radical (unpaired) electrons. The summed E-state index contributed by atoms with van der Waals surface area (Å²) in [5.41, 5.74) is 6.16. The van der Waals surface area contributed by atoms with Gasteiger partial charge < -0.3 is 15.6 Å². The van der Waals surface area contributed by atoms with Gasteiger partial charge in [-0.15, -0.1) is 0 Å². The molecule has 0 saturated carbocycles. The van der Waals surface area contributed by atoms with Crippen molar-refractivity contribution in [3.8, 4) is 0 Å². The SMILES string of the molecule is C[C@H](NC(=O)C1CCN(S(=O)(=O)c2cc(C(N)=O)n(C)c2)CC1)c1ccc(F)cc1. The number of carbonyl (C=O) groups is 2. The van der Waals surface area contributed by atoms with Crippen LogP contribution < -0.4 is 11.1 Å². The molecule has 0 aliphatic carbocycles. The molecule has 1 aliphatic rings. The van der Waals surface area contributed by atoms with Crippen molar-refractivity contribution in [2.75, 3.05) is 13.1 Å². The van der Waals surface area contributed by atoms with Crippen LogP contribution in [0.25, 0.3) is 0 Å². The highest BCUT2D eigenvalue weighted by Gasteiger charge is 2.33. The molecule has 1 aromatic carbocycles. The van der Waals surface area contributed by atoms with E-state index in [1.54, 1.807) is 19.2 Å². The molecule has 0 bridgehead atoms. The fraction of sp³-hybridized carbons (Fsp3) is 0.400. The smallest absolute Gasteiger partial charge is 0.265 e. The van der Waals surface area contributed by atoms with Gasteiger partial charge in [0.2, 0.25) is 15.9 Å². The third-order valence-corrected chi connectivity index (χ3v) is 7.29. The highest BCUT2D eigenvalue weighted by Crippen LogP contribution is 2.26. The second-order valence-corrected chi connectivity index (χ2v) is 9.43. The Kier molecular flexibility index (Phi) is 6.27. The molecule has 2 amide bonds. The van der Waals surface area contributed by atoms with Crippen molar-refractivity contribution in [1.29, 1.82) is 0 Å². The van der Waals surface area contributed by atoms with Gasteiger partial charge in [0, 0.05) is 32.3 Å². The molecule has 3 N–H and O–H groups in total. The number of aryl methyl sites for hydroxylation is 1. The molecule has 1 saturated heterocycles. The third kappa shape index (κ3) is 4.54. The number of halogens is 1. The highest BCUT2D eigenvalue weighted by atomic mass is 32.2. The molecule has 162 valence electrons. The minimum atomic E-state index is -3.78. The van der Waals surface area contributed by atoms with Crippen LogP contribution in [0.15, 0.2) is 41.4 Å². The van der Waals surface area contributed by atoms with Crippen LogP contribution in [0, 0.1) is 11.7 Å². The topological polar surface area (TPSA) is 114 Å². The van der Waals surface area contributed by atoms with E-state index >= 15 is 0 Å². The molecule has 1 aliphatic heterocycles. The molecule has 1 atom stereocenters. The van der Waals surface area contributed by atoms with Crippen molar-refractivity contribution in [3.63, 3.8) is 0 Å². The molecule has 0 spiro atoms. The predicted molar refractivity (Wildman–Crippen MR) is 108 cm³/mol. The zero-order valence-corrected chi connectivity index (χ0v) is 17.7. The first kappa shape index (κ1) is 22.0. The number of hydrogen-bond acceptors (Lipinski definition) is 4. The van der Waals surface area contributed by atoms with Crippen LogP contribution in [-0.2, 0) is 21.9 Å². The van der Waals surface area contributed by atoms with Crippen LogP contribution in [0.4, 0.5) is 4.39 Å². The average Bonchev–Trinajstić information content (AvgIpc) is 3.11. The first-order valence-electron chi connectivity index (χ1n) is 9.61. The first-order chi connectivity index (χ1) is 14.1. The Hall–Kier alpha value is -2.72. The molecule has 1 aromatic heterocycles. The van der Waals surface area contributed by atoms with Crippen LogP contribution in [0.1, 0.15) is 41.9 Å². The number of sulfonamides is 1. The van der Waals surface area contributed by atoms with Crippen molar-refractivity contribution >= 4 is 21.8 Å². The summed E-state index contributed by atoms with van der Waals surface area (Å²) in [6.07, 6.45) is 2.13. The van der Waals surface area contributed by atoms with Crippen molar-refractivity contribution in [1.82, 2.24) is 14.2 Å². The van der Waals surface area contributed by atoms with Crippen LogP contribution in [-0.4, -0.2) is 42.2 Å². The Labute approximate surface area is 174 Å². The van der Waals surface area contributed by atoms with Gasteiger partial charge in [0.1, 0.15) is 16.4 Å². The normalized spacial score (nSPS) is 16.9. The Morgan fingerprint density at radius 3 is 2.33 bits per heavy atom. The summed E-state index contributed by atoms with van der Waals surface area (Å²) in [7, 11) is -2.23. The van der Waals surface area contributed by atoms with Gasteiger partial charge in [0.05, 0.1) is 6.04 Å². The van der Waals surface area contributed by atoms with Crippen LogP contribution >= 0.6 is 0 Å². The molecule has 30 heavy (non-hydrogen) atoms. The predicted octanol–water partition coefficient (Wildman–Crippen LogP) is 1.54. The fourth-order valence-electron chi connectivity index (χ4n) is 3.59. The summed E-state index contributed by atoms with van der Waals surface area (Å²) in [6.45, 7) is 2.22. The monoisotopic (exact) mass is 436 g/mol. The van der Waals surface area contributed by atoms with Crippen molar-refractivity contribution in [2.24, 2.45) is 18.7 Å². The molecule has 2 aromatic rings. The molecular formula is C20H25FN4O4S. The number of hydrogen-bond donors (Lipinski definition) is 2. The summed E-state index contributed by atoms with van der Waals surface area (Å²) >= 11 is 0. The quantitative estimate of drug-likeness (QED) is 0.715. The zero-order chi connectivity index (χ0) is 22.1. The Balaban J connectivity index is 1.61. The zero-order valence-electron chi connectivity index (χ0n) is 16.8. The van der Waals surface area contributed by atoms with Gasteiger partial charge >= 0.3 is 0 Å². The van der Waals surface area contributed by atoms with Crippen molar-refractivity contribution in [2.45, 2.75) is 30.7 Å². The van der Waals surface area contributed by atoms with E-state index in [4.69, 9.17) is 5.73 Å². The number of nitrogens with one attached hydrogen (secondary N) is 1. The molecule has 1 fully saturated rings. The molecule has 3 rings (SSSR count). The van der Waals surface area contributed by atoms with E-state index in [1.807, 2.05) is 6.92 Å². The van der Waals surface area contributed by atoms with E-state index in [1.165, 1.54) is 33.3 Å². The van der Waals surface area contributed by atoms with Gasteiger partial charge in [-0.05, 0) is 43.5 Å². The number of amides is 2. The summed E-state index contributed by atoms with van der Waals surface area (Å²) in [4.78, 5) is 24.0. The van der Waals surface area contributed by atoms with Crippen LogP contribution in [0.5, 0.6) is 0 Å². The van der Waals surface area contributed by atoms with E-state index in [0.29, 0.717) is 12.8 Å². The Morgan fingerprint density at radius 1 is 1.20 bits per heavy atom. The van der Waals surface area contributed by atoms with E-state index in [0.717, 1.165) is 5.56 Å². The largest absolute Gasteiger partial charge is 0.364 e. The number of rotatable bonds is 6. The van der Waals surface area contributed by atoms with Gasteiger partial charge in [-0.1, -0.05) is 12.1 Å². The first-order valence-corrected chi connectivity index (χ1v) is 11.1. The number of nitrogens with two attached hydrogens (primary N) is 1. The molecule has 10 heteroatoms. The summed E-state index contributed by atoms with van der Waals surface area (Å²) < 4.78 is 41.5. The maximum Gasteiger partial charge on any atom is 0.265 e. The third-order valence-electron chi connectivity index (χ3n) is 5.42. The summed E-state index contributed by atoms with van der Waals surface area (Å²) in [5, 5.41) is 2.91. The lowest BCUT2D eigenvalue weighted by atomic mass is 9.96. The second kappa shape index (κ2) is 8.57. The fourth-order valence-corrected chi connectivity index (χ4v) is 5.14. The van der Waals surface area contributed by atoms with Gasteiger partial charge in [0.25, 0.3) is 5.91 Å². The molecule has 0 unspecified atom stereocenters. The van der Waals surface area contributed by atoms with E-state index in [-0.39, 0.29) is 47.4 Å².